The third-order valence-electron chi connectivity index (χ3n) is 6.14. The van der Waals surface area contributed by atoms with Crippen LogP contribution in [0.15, 0.2) is 42.6 Å². The first-order chi connectivity index (χ1) is 16.4. The molecule has 1 fully saturated rings. The third-order valence-corrected chi connectivity index (χ3v) is 6.14. The van der Waals surface area contributed by atoms with E-state index in [4.69, 9.17) is 10.00 Å². The summed E-state index contributed by atoms with van der Waals surface area (Å²) in [4.78, 5) is 14.9. The number of nitriles is 1. The zero-order valence-corrected chi connectivity index (χ0v) is 19.2. The Morgan fingerprint density at radius 3 is 2.65 bits per heavy atom. The summed E-state index contributed by atoms with van der Waals surface area (Å²) in [5.41, 5.74) is 1.80. The van der Waals surface area contributed by atoms with Crippen molar-refractivity contribution in [2.45, 2.75) is 32.7 Å². The van der Waals surface area contributed by atoms with E-state index < -0.39 is 11.6 Å². The van der Waals surface area contributed by atoms with Crippen LogP contribution in [-0.4, -0.2) is 40.8 Å². The van der Waals surface area contributed by atoms with Gasteiger partial charge < -0.3 is 9.64 Å². The van der Waals surface area contributed by atoms with Crippen molar-refractivity contribution < 1.29 is 18.3 Å². The summed E-state index contributed by atoms with van der Waals surface area (Å²) in [6.45, 7) is 3.60. The summed E-state index contributed by atoms with van der Waals surface area (Å²) >= 11 is 0. The first-order valence-corrected chi connectivity index (χ1v) is 11.3. The van der Waals surface area contributed by atoms with Crippen molar-refractivity contribution >= 4 is 5.91 Å². The van der Waals surface area contributed by atoms with Gasteiger partial charge in [0.05, 0.1) is 12.7 Å². The molecule has 2 aromatic carbocycles. The minimum Gasteiger partial charge on any atom is -0.494 e. The molecule has 1 aliphatic rings. The van der Waals surface area contributed by atoms with E-state index in [0.717, 1.165) is 19.3 Å². The Labute approximate surface area is 197 Å². The lowest BCUT2D eigenvalue weighted by Gasteiger charge is -2.22. The van der Waals surface area contributed by atoms with Gasteiger partial charge in [-0.05, 0) is 48.6 Å². The molecule has 0 unspecified atom stereocenters. The molecule has 6 nitrogen and oxygen atoms in total. The smallest absolute Gasteiger partial charge is 0.244 e. The molecule has 0 N–H and O–H groups in total. The molecule has 0 radical (unpaired) electrons. The normalized spacial score (nSPS) is 16.1. The number of halogens is 2. The lowest BCUT2D eigenvalue weighted by molar-refractivity contribution is -0.132. The largest absolute Gasteiger partial charge is 0.494 e. The average Bonchev–Trinajstić information content (AvgIpc) is 3.11. The van der Waals surface area contributed by atoms with Crippen LogP contribution in [0.3, 0.4) is 0 Å². The highest BCUT2D eigenvalue weighted by atomic mass is 19.1. The van der Waals surface area contributed by atoms with Crippen molar-refractivity contribution in [2.75, 3.05) is 20.2 Å². The molecule has 0 spiro atoms. The number of benzene rings is 2. The maximum absolute atomic E-state index is 14.5. The number of likely N-dealkylation sites (tertiary alicyclic amines) is 1. The first-order valence-electron chi connectivity index (χ1n) is 11.3. The van der Waals surface area contributed by atoms with Gasteiger partial charge in [-0.25, -0.2) is 8.78 Å². The number of carbonyl (C=O) groups excluding carboxylic acids is 1. The Bertz CT molecular complexity index is 1250. The molecule has 1 aliphatic heterocycles. The standard InChI is InChI=1S/C26H26F2N4O2/c1-17-5-3-4-10-31(14-17)25(33)16-32-15-21(18-8-9-24(34-2)23(28)11-18)26(30-32)19-6-7-20(13-29)22(27)12-19/h6-9,11-12,15,17H,3-5,10,14,16H2,1-2H3/t17-/m1/s1. The molecule has 8 heteroatoms. The van der Waals surface area contributed by atoms with Crippen LogP contribution in [-0.2, 0) is 11.3 Å². The van der Waals surface area contributed by atoms with Crippen LogP contribution in [0.2, 0.25) is 0 Å². The van der Waals surface area contributed by atoms with E-state index >= 15 is 0 Å². The average molecular weight is 465 g/mol. The minimum absolute atomic E-state index is 0.0249. The topological polar surface area (TPSA) is 71.2 Å². The predicted octanol–water partition coefficient (Wildman–Crippen LogP) is 5.02. The van der Waals surface area contributed by atoms with E-state index in [9.17, 15) is 13.6 Å². The van der Waals surface area contributed by atoms with Crippen LogP contribution in [0.25, 0.3) is 22.4 Å². The van der Waals surface area contributed by atoms with Crippen molar-refractivity contribution in [3.63, 3.8) is 0 Å². The second-order valence-corrected chi connectivity index (χ2v) is 8.69. The monoisotopic (exact) mass is 464 g/mol. The lowest BCUT2D eigenvalue weighted by Crippen LogP contribution is -2.36. The van der Waals surface area contributed by atoms with Gasteiger partial charge in [0.15, 0.2) is 11.6 Å². The van der Waals surface area contributed by atoms with Crippen LogP contribution in [0.1, 0.15) is 31.7 Å². The molecule has 176 valence electrons. The fourth-order valence-electron chi connectivity index (χ4n) is 4.33. The van der Waals surface area contributed by atoms with Crippen molar-refractivity contribution in [3.05, 3.63) is 59.8 Å². The number of methoxy groups -OCH3 is 1. The summed E-state index contributed by atoms with van der Waals surface area (Å²) in [6, 6.07) is 10.5. The fourth-order valence-corrected chi connectivity index (χ4v) is 4.33. The van der Waals surface area contributed by atoms with Crippen LogP contribution >= 0.6 is 0 Å². The van der Waals surface area contributed by atoms with Crippen LogP contribution in [0.5, 0.6) is 5.75 Å². The molecule has 2 heterocycles. The molecule has 34 heavy (non-hydrogen) atoms. The Morgan fingerprint density at radius 1 is 1.18 bits per heavy atom. The summed E-state index contributed by atoms with van der Waals surface area (Å²) in [6.07, 6.45) is 4.86. The maximum atomic E-state index is 14.5. The number of hydrogen-bond acceptors (Lipinski definition) is 4. The summed E-state index contributed by atoms with van der Waals surface area (Å²) in [5.74, 6) is -0.705. The molecule has 0 saturated carbocycles. The van der Waals surface area contributed by atoms with E-state index in [1.165, 1.54) is 36.1 Å². The highest BCUT2D eigenvalue weighted by molar-refractivity contribution is 5.82. The van der Waals surface area contributed by atoms with Gasteiger partial charge in [0.1, 0.15) is 24.1 Å². The number of amides is 1. The molecule has 0 bridgehead atoms. The number of rotatable bonds is 5. The van der Waals surface area contributed by atoms with Gasteiger partial charge in [-0.15, -0.1) is 0 Å². The van der Waals surface area contributed by atoms with Crippen molar-refractivity contribution in [1.29, 1.82) is 5.26 Å². The van der Waals surface area contributed by atoms with Crippen LogP contribution in [0.4, 0.5) is 8.78 Å². The quantitative estimate of drug-likeness (QED) is 0.531. The molecular formula is C26H26F2N4O2. The van der Waals surface area contributed by atoms with E-state index in [1.807, 2.05) is 4.90 Å². The lowest BCUT2D eigenvalue weighted by atomic mass is 10.0. The van der Waals surface area contributed by atoms with Crippen LogP contribution in [0, 0.1) is 28.9 Å². The molecule has 1 saturated heterocycles. The molecule has 0 aliphatic carbocycles. The second kappa shape index (κ2) is 10.0. The fraction of sp³-hybridized carbons (Fsp3) is 0.346. The van der Waals surface area contributed by atoms with Gasteiger partial charge in [0.25, 0.3) is 0 Å². The van der Waals surface area contributed by atoms with E-state index in [1.54, 1.807) is 24.4 Å². The molecule has 1 atom stereocenters. The first kappa shape index (κ1) is 23.4. The van der Waals surface area contributed by atoms with Crippen molar-refractivity contribution in [3.8, 4) is 34.2 Å². The Morgan fingerprint density at radius 2 is 1.94 bits per heavy atom. The van der Waals surface area contributed by atoms with E-state index in [0.29, 0.717) is 41.4 Å². The number of ether oxygens (including phenoxy) is 1. The van der Waals surface area contributed by atoms with Gasteiger partial charge in [-0.2, -0.15) is 10.4 Å². The Kier molecular flexibility index (Phi) is 6.92. The Balaban J connectivity index is 1.72. The molecule has 1 aromatic heterocycles. The van der Waals surface area contributed by atoms with Gasteiger partial charge in [0, 0.05) is 30.4 Å². The zero-order chi connectivity index (χ0) is 24.2. The second-order valence-electron chi connectivity index (χ2n) is 8.69. The predicted molar refractivity (Wildman–Crippen MR) is 124 cm³/mol. The zero-order valence-electron chi connectivity index (χ0n) is 19.2. The SMILES string of the molecule is COc1ccc(-c2cn(CC(=O)N3CCCC[C@@H](C)C3)nc2-c2ccc(C#N)c(F)c2)cc1F. The minimum atomic E-state index is -0.670. The number of carbonyl (C=O) groups is 1. The molecule has 3 aromatic rings. The molecule has 1 amide bonds. The van der Waals surface area contributed by atoms with Crippen molar-refractivity contribution in [1.82, 2.24) is 14.7 Å². The number of aromatic nitrogens is 2. The van der Waals surface area contributed by atoms with Gasteiger partial charge in [0.2, 0.25) is 5.91 Å². The van der Waals surface area contributed by atoms with E-state index in [2.05, 4.69) is 12.0 Å². The van der Waals surface area contributed by atoms with Gasteiger partial charge >= 0.3 is 0 Å². The van der Waals surface area contributed by atoms with Gasteiger partial charge in [-0.1, -0.05) is 25.5 Å². The molecular weight excluding hydrogens is 438 g/mol. The highest BCUT2D eigenvalue weighted by Gasteiger charge is 2.22. The summed E-state index contributed by atoms with van der Waals surface area (Å²) in [7, 11) is 1.39. The maximum Gasteiger partial charge on any atom is 0.244 e. The number of hydrogen-bond donors (Lipinski definition) is 0. The van der Waals surface area contributed by atoms with Crippen molar-refractivity contribution in [2.24, 2.45) is 5.92 Å². The Hall–Kier alpha value is -3.73. The van der Waals surface area contributed by atoms with Gasteiger partial charge in [-0.3, -0.25) is 9.48 Å². The van der Waals surface area contributed by atoms with E-state index in [-0.39, 0.29) is 23.8 Å². The summed E-state index contributed by atoms with van der Waals surface area (Å²) in [5, 5.41) is 13.6. The number of nitrogens with zero attached hydrogens (tertiary/aromatic N) is 4. The molecule has 4 rings (SSSR count). The highest BCUT2D eigenvalue weighted by Crippen LogP contribution is 2.34. The summed E-state index contributed by atoms with van der Waals surface area (Å²) < 4.78 is 35.4. The third kappa shape index (κ3) is 4.93. The van der Waals surface area contributed by atoms with Crippen LogP contribution < -0.4 is 4.74 Å².